The first kappa shape index (κ1) is 12.4. The van der Waals surface area contributed by atoms with Crippen LogP contribution >= 0.6 is 0 Å². The molecule has 1 aliphatic carbocycles. The fourth-order valence-electron chi connectivity index (χ4n) is 3.37. The van der Waals surface area contributed by atoms with E-state index in [9.17, 15) is 5.11 Å². The topological polar surface area (TPSA) is 29.5 Å². The Morgan fingerprint density at radius 1 is 1.12 bits per heavy atom. The first-order valence-electron chi connectivity index (χ1n) is 6.74. The van der Waals surface area contributed by atoms with E-state index in [1.54, 1.807) is 0 Å². The van der Waals surface area contributed by atoms with Crippen LogP contribution in [-0.4, -0.2) is 24.4 Å². The molecular formula is C14H26O2. The molecule has 2 nitrogen and oxygen atoms in total. The number of aliphatic hydroxyl groups excluding tert-OH is 1. The van der Waals surface area contributed by atoms with Crippen molar-refractivity contribution in [3.63, 3.8) is 0 Å². The van der Waals surface area contributed by atoms with Gasteiger partial charge in [0.2, 0.25) is 0 Å². The van der Waals surface area contributed by atoms with Crippen LogP contribution in [0.4, 0.5) is 0 Å². The van der Waals surface area contributed by atoms with Crippen LogP contribution in [0.3, 0.4) is 0 Å². The van der Waals surface area contributed by atoms with Gasteiger partial charge < -0.3 is 9.84 Å². The molecule has 4 atom stereocenters. The van der Waals surface area contributed by atoms with Crippen molar-refractivity contribution < 1.29 is 9.84 Å². The first-order valence-corrected chi connectivity index (χ1v) is 6.74. The highest BCUT2D eigenvalue weighted by Crippen LogP contribution is 2.44. The van der Waals surface area contributed by atoms with Crippen molar-refractivity contribution in [2.75, 3.05) is 13.2 Å². The summed E-state index contributed by atoms with van der Waals surface area (Å²) in [6, 6.07) is 0. The number of ether oxygens (including phenoxy) is 1. The molecule has 16 heavy (non-hydrogen) atoms. The van der Waals surface area contributed by atoms with E-state index in [1.165, 1.54) is 12.8 Å². The van der Waals surface area contributed by atoms with Crippen molar-refractivity contribution in [2.45, 2.75) is 52.6 Å². The summed E-state index contributed by atoms with van der Waals surface area (Å²) in [6.45, 7) is 8.76. The molecule has 0 spiro atoms. The highest BCUT2D eigenvalue weighted by atomic mass is 16.5. The average Bonchev–Trinajstić information content (AvgIpc) is 2.69. The van der Waals surface area contributed by atoms with Gasteiger partial charge in [-0.05, 0) is 48.9 Å². The highest BCUT2D eigenvalue weighted by Gasteiger charge is 2.39. The van der Waals surface area contributed by atoms with Gasteiger partial charge in [-0.15, -0.1) is 0 Å². The third-order valence-electron chi connectivity index (χ3n) is 4.66. The molecule has 0 aromatic rings. The summed E-state index contributed by atoms with van der Waals surface area (Å²) in [6.07, 6.45) is 4.44. The maximum absolute atomic E-state index is 10.2. The summed E-state index contributed by atoms with van der Waals surface area (Å²) in [5.41, 5.74) is 0.387. The minimum Gasteiger partial charge on any atom is -0.393 e. The van der Waals surface area contributed by atoms with Gasteiger partial charge in [-0.25, -0.2) is 0 Å². The quantitative estimate of drug-likeness (QED) is 0.745. The van der Waals surface area contributed by atoms with E-state index in [-0.39, 0.29) is 6.10 Å². The molecule has 1 heterocycles. The number of hydrogen-bond acceptors (Lipinski definition) is 2. The van der Waals surface area contributed by atoms with Crippen LogP contribution in [0.1, 0.15) is 46.5 Å². The molecule has 94 valence electrons. The molecule has 1 aliphatic heterocycles. The van der Waals surface area contributed by atoms with Crippen molar-refractivity contribution >= 4 is 0 Å². The van der Waals surface area contributed by atoms with E-state index in [2.05, 4.69) is 20.8 Å². The van der Waals surface area contributed by atoms with Crippen LogP contribution in [0, 0.1) is 23.2 Å². The second-order valence-electron chi connectivity index (χ2n) is 6.73. The van der Waals surface area contributed by atoms with Crippen LogP contribution in [-0.2, 0) is 4.74 Å². The van der Waals surface area contributed by atoms with Crippen LogP contribution in [0.15, 0.2) is 0 Å². The molecule has 0 aromatic carbocycles. The molecule has 1 N–H and O–H groups in total. The molecule has 2 aliphatic rings. The van der Waals surface area contributed by atoms with E-state index in [0.29, 0.717) is 17.3 Å². The van der Waals surface area contributed by atoms with Gasteiger partial charge in [0.15, 0.2) is 0 Å². The molecule has 0 amide bonds. The predicted octanol–water partition coefficient (Wildman–Crippen LogP) is 2.85. The third kappa shape index (κ3) is 2.60. The van der Waals surface area contributed by atoms with Gasteiger partial charge in [0, 0.05) is 13.2 Å². The molecule has 2 heteroatoms. The zero-order valence-electron chi connectivity index (χ0n) is 10.9. The zero-order chi connectivity index (χ0) is 11.8. The highest BCUT2D eigenvalue weighted by molar-refractivity contribution is 4.89. The van der Waals surface area contributed by atoms with Crippen molar-refractivity contribution in [3.8, 4) is 0 Å². The molecule has 0 radical (unpaired) electrons. The molecule has 2 fully saturated rings. The Morgan fingerprint density at radius 2 is 1.88 bits per heavy atom. The lowest BCUT2D eigenvalue weighted by Crippen LogP contribution is -2.38. The van der Waals surface area contributed by atoms with Gasteiger partial charge in [-0.3, -0.25) is 0 Å². The first-order chi connectivity index (χ1) is 7.48. The summed E-state index contributed by atoms with van der Waals surface area (Å²) in [7, 11) is 0. The van der Waals surface area contributed by atoms with E-state index in [0.717, 1.165) is 32.0 Å². The van der Waals surface area contributed by atoms with Gasteiger partial charge in [0.25, 0.3) is 0 Å². The van der Waals surface area contributed by atoms with E-state index in [1.807, 2.05) is 0 Å². The SMILES string of the molecule is CC(C)(C)C1CCC(O)C(C2CCOC2)C1. The monoisotopic (exact) mass is 226 g/mol. The van der Waals surface area contributed by atoms with Gasteiger partial charge in [-0.1, -0.05) is 20.8 Å². The van der Waals surface area contributed by atoms with Gasteiger partial charge in [0.1, 0.15) is 0 Å². The standard InChI is InChI=1S/C14H26O2/c1-14(2,3)11-4-5-13(15)12(8-11)10-6-7-16-9-10/h10-13,15H,4-9H2,1-3H3. The number of rotatable bonds is 1. The third-order valence-corrected chi connectivity index (χ3v) is 4.66. The zero-order valence-corrected chi connectivity index (χ0v) is 10.9. The van der Waals surface area contributed by atoms with Crippen molar-refractivity contribution in [1.82, 2.24) is 0 Å². The van der Waals surface area contributed by atoms with Crippen LogP contribution in [0.2, 0.25) is 0 Å². The van der Waals surface area contributed by atoms with Crippen molar-refractivity contribution in [1.29, 1.82) is 0 Å². The lowest BCUT2D eigenvalue weighted by Gasteiger charge is -2.42. The number of aliphatic hydroxyl groups is 1. The predicted molar refractivity (Wildman–Crippen MR) is 65.2 cm³/mol. The molecule has 0 aromatic heterocycles. The Hall–Kier alpha value is -0.0800. The minimum absolute atomic E-state index is 0.0784. The summed E-state index contributed by atoms with van der Waals surface area (Å²) in [5.74, 6) is 1.86. The van der Waals surface area contributed by atoms with E-state index < -0.39 is 0 Å². The Bertz CT molecular complexity index is 225. The van der Waals surface area contributed by atoms with Crippen molar-refractivity contribution in [2.24, 2.45) is 23.2 Å². The second-order valence-corrected chi connectivity index (χ2v) is 6.73. The maximum atomic E-state index is 10.2. The normalized spacial score (nSPS) is 41.2. The second kappa shape index (κ2) is 4.66. The Balaban J connectivity index is 2.00. The van der Waals surface area contributed by atoms with Crippen LogP contribution in [0.25, 0.3) is 0 Å². The van der Waals surface area contributed by atoms with Crippen LogP contribution < -0.4 is 0 Å². The Kier molecular flexibility index (Phi) is 3.60. The Labute approximate surface area is 99.4 Å². The van der Waals surface area contributed by atoms with E-state index >= 15 is 0 Å². The smallest absolute Gasteiger partial charge is 0.0572 e. The van der Waals surface area contributed by atoms with Gasteiger partial charge in [0.05, 0.1) is 6.10 Å². The summed E-state index contributed by atoms with van der Waals surface area (Å²) < 4.78 is 5.47. The lowest BCUT2D eigenvalue weighted by molar-refractivity contribution is -0.00947. The lowest BCUT2D eigenvalue weighted by atomic mass is 9.65. The number of hydrogen-bond donors (Lipinski definition) is 1. The molecule has 1 saturated carbocycles. The average molecular weight is 226 g/mol. The minimum atomic E-state index is -0.0784. The fourth-order valence-corrected chi connectivity index (χ4v) is 3.37. The molecule has 0 bridgehead atoms. The van der Waals surface area contributed by atoms with E-state index in [4.69, 9.17) is 4.74 Å². The van der Waals surface area contributed by atoms with Crippen LogP contribution in [0.5, 0.6) is 0 Å². The largest absolute Gasteiger partial charge is 0.393 e. The summed E-state index contributed by atoms with van der Waals surface area (Å²) in [5, 5.41) is 10.2. The fraction of sp³-hybridized carbons (Fsp3) is 1.00. The van der Waals surface area contributed by atoms with Crippen molar-refractivity contribution in [3.05, 3.63) is 0 Å². The maximum Gasteiger partial charge on any atom is 0.0572 e. The molecule has 4 unspecified atom stereocenters. The summed E-state index contributed by atoms with van der Waals surface area (Å²) in [4.78, 5) is 0. The van der Waals surface area contributed by atoms with Gasteiger partial charge >= 0.3 is 0 Å². The Morgan fingerprint density at radius 3 is 2.44 bits per heavy atom. The summed E-state index contributed by atoms with van der Waals surface area (Å²) >= 11 is 0. The van der Waals surface area contributed by atoms with Gasteiger partial charge in [-0.2, -0.15) is 0 Å². The molecular weight excluding hydrogens is 200 g/mol. The molecule has 2 rings (SSSR count). The molecule has 1 saturated heterocycles.